The predicted molar refractivity (Wildman–Crippen MR) is 155 cm³/mol. The number of benzene rings is 1. The van der Waals surface area contributed by atoms with Gasteiger partial charge in [0.05, 0.1) is 29.5 Å². The van der Waals surface area contributed by atoms with Gasteiger partial charge in [-0.05, 0) is 98.6 Å². The van der Waals surface area contributed by atoms with Gasteiger partial charge in [0.1, 0.15) is 0 Å². The third kappa shape index (κ3) is 4.05. The van der Waals surface area contributed by atoms with E-state index in [0.29, 0.717) is 18.8 Å². The molecule has 0 bridgehead atoms. The molecule has 1 aliphatic heterocycles. The van der Waals surface area contributed by atoms with Crippen LogP contribution in [0.5, 0.6) is 0 Å². The molecule has 3 saturated carbocycles. The minimum Gasteiger partial charge on any atom is -0.402 e. The van der Waals surface area contributed by atoms with Crippen LogP contribution in [0.2, 0.25) is 0 Å². The number of ketones is 1. The largest absolute Gasteiger partial charge is 0.494 e. The van der Waals surface area contributed by atoms with Crippen LogP contribution in [-0.2, 0) is 14.1 Å². The fourth-order valence-corrected chi connectivity index (χ4v) is 9.81. The highest BCUT2D eigenvalue weighted by molar-refractivity contribution is 6.62. The summed E-state index contributed by atoms with van der Waals surface area (Å²) in [6.07, 6.45) is 5.58. The van der Waals surface area contributed by atoms with Gasteiger partial charge in [-0.3, -0.25) is 4.79 Å². The van der Waals surface area contributed by atoms with E-state index in [1.54, 1.807) is 6.08 Å². The van der Waals surface area contributed by atoms with Crippen molar-refractivity contribution < 1.29 is 29.4 Å². The molecule has 1 aromatic rings. The first-order valence-corrected chi connectivity index (χ1v) is 15.6. The number of aliphatic hydroxyl groups is 3. The van der Waals surface area contributed by atoms with Gasteiger partial charge in [0, 0.05) is 11.3 Å². The van der Waals surface area contributed by atoms with Crippen LogP contribution in [0.4, 0.5) is 0 Å². The SMILES string of the molecule is CC(C)CC[C@H]1OB(c2ccccc2)O[C@]1(C)[C@H]1CC[C@@]2(O)C3=CC(=O)[C@@H]4C[C@@H](O)[C@@H](O)C[C@]4(C)[C@H]3CC[C@]12C. The van der Waals surface area contributed by atoms with Crippen LogP contribution >= 0.6 is 0 Å². The molecule has 0 amide bonds. The number of aliphatic hydroxyl groups excluding tert-OH is 2. The lowest BCUT2D eigenvalue weighted by molar-refractivity contribution is -0.160. The van der Waals surface area contributed by atoms with Crippen molar-refractivity contribution in [1.82, 2.24) is 0 Å². The quantitative estimate of drug-likeness (QED) is 0.476. The van der Waals surface area contributed by atoms with E-state index < -0.39 is 41.4 Å². The van der Waals surface area contributed by atoms with E-state index >= 15 is 0 Å². The Hall–Kier alpha value is -1.51. The van der Waals surface area contributed by atoms with Crippen LogP contribution in [0.25, 0.3) is 0 Å². The highest BCUT2D eigenvalue weighted by Crippen LogP contribution is 2.69. The molecule has 4 fully saturated rings. The summed E-state index contributed by atoms with van der Waals surface area (Å²) >= 11 is 0. The van der Waals surface area contributed by atoms with Crippen LogP contribution in [0.3, 0.4) is 0 Å². The van der Waals surface area contributed by atoms with Crippen molar-refractivity contribution in [3.63, 3.8) is 0 Å². The minimum atomic E-state index is -1.12. The van der Waals surface area contributed by atoms with Gasteiger partial charge in [0.15, 0.2) is 5.78 Å². The smallest absolute Gasteiger partial charge is 0.402 e. The third-order valence-corrected chi connectivity index (χ3v) is 12.2. The number of allylic oxidation sites excluding steroid dienone is 1. The second-order valence-electron chi connectivity index (χ2n) is 14.7. The van der Waals surface area contributed by atoms with E-state index in [4.69, 9.17) is 9.31 Å². The molecule has 10 atom stereocenters. The molecule has 6 rings (SSSR count). The Morgan fingerprint density at radius 1 is 1.02 bits per heavy atom. The average Bonchev–Trinajstić information content (AvgIpc) is 3.39. The Bertz CT molecular complexity index is 1170. The summed E-state index contributed by atoms with van der Waals surface area (Å²) in [7, 11) is -0.442. The summed E-state index contributed by atoms with van der Waals surface area (Å²) in [6, 6.07) is 10.1. The first-order chi connectivity index (χ1) is 18.8. The monoisotopic (exact) mass is 550 g/mol. The number of hydrogen-bond donors (Lipinski definition) is 3. The maximum absolute atomic E-state index is 13.6. The molecule has 1 aromatic carbocycles. The molecule has 5 aliphatic rings. The van der Waals surface area contributed by atoms with Gasteiger partial charge >= 0.3 is 7.12 Å². The van der Waals surface area contributed by atoms with Gasteiger partial charge in [0.2, 0.25) is 0 Å². The fourth-order valence-electron chi connectivity index (χ4n) is 9.81. The average molecular weight is 551 g/mol. The van der Waals surface area contributed by atoms with Gasteiger partial charge in [-0.25, -0.2) is 0 Å². The zero-order valence-electron chi connectivity index (χ0n) is 24.8. The Morgan fingerprint density at radius 2 is 1.75 bits per heavy atom. The van der Waals surface area contributed by atoms with Crippen LogP contribution in [0, 0.1) is 34.5 Å². The molecule has 0 unspecified atom stereocenters. The Labute approximate surface area is 239 Å². The molecule has 0 radical (unpaired) electrons. The van der Waals surface area contributed by atoms with E-state index in [1.807, 2.05) is 18.2 Å². The Morgan fingerprint density at radius 3 is 2.45 bits per heavy atom. The van der Waals surface area contributed by atoms with Gasteiger partial charge in [0.25, 0.3) is 0 Å². The molecule has 1 saturated heterocycles. The van der Waals surface area contributed by atoms with E-state index in [1.165, 1.54) is 0 Å². The van der Waals surface area contributed by atoms with Gasteiger partial charge in [-0.1, -0.05) is 58.0 Å². The third-order valence-electron chi connectivity index (χ3n) is 12.2. The second kappa shape index (κ2) is 9.77. The molecule has 0 spiro atoms. The summed E-state index contributed by atoms with van der Waals surface area (Å²) < 4.78 is 13.6. The molecule has 3 N–H and O–H groups in total. The highest BCUT2D eigenvalue weighted by atomic mass is 16.7. The van der Waals surface area contributed by atoms with Gasteiger partial charge < -0.3 is 24.6 Å². The summed E-state index contributed by atoms with van der Waals surface area (Å²) in [4.78, 5) is 13.6. The molecule has 4 aliphatic carbocycles. The lowest BCUT2D eigenvalue weighted by Gasteiger charge is -2.60. The standard InChI is InChI=1S/C33H47BO6/c1-20(2)11-12-29-32(5,40-34(39-29)21-9-7-6-8-10-21)28-14-16-33(38)23-17-25(35)24-18-26(36)27(37)19-30(24,3)22(23)13-15-31(28,33)4/h6-10,17,20,22,24,26-29,36-38H,11-16,18-19H2,1-5H3/t22-,24-,26+,27-,28-,29+,30+,31+,32+,33+/m0/s1. The van der Waals surface area contributed by atoms with E-state index in [0.717, 1.165) is 43.1 Å². The van der Waals surface area contributed by atoms with E-state index in [9.17, 15) is 20.1 Å². The lowest BCUT2D eigenvalue weighted by atomic mass is 9.45. The molecule has 1 heterocycles. The summed E-state index contributed by atoms with van der Waals surface area (Å²) in [6.45, 7) is 11.0. The topological polar surface area (TPSA) is 96.2 Å². The zero-order chi connectivity index (χ0) is 28.7. The molecule has 7 heteroatoms. The fraction of sp³-hybridized carbons (Fsp3) is 0.727. The molecule has 6 nitrogen and oxygen atoms in total. The number of fused-ring (bicyclic) bond motifs is 5. The van der Waals surface area contributed by atoms with Crippen molar-refractivity contribution in [2.75, 3.05) is 0 Å². The van der Waals surface area contributed by atoms with Crippen molar-refractivity contribution in [2.24, 2.45) is 34.5 Å². The zero-order valence-corrected chi connectivity index (χ0v) is 24.8. The van der Waals surface area contributed by atoms with Crippen molar-refractivity contribution in [1.29, 1.82) is 0 Å². The van der Waals surface area contributed by atoms with Crippen molar-refractivity contribution in [3.8, 4) is 0 Å². The molecular formula is C33H47BO6. The van der Waals surface area contributed by atoms with Crippen molar-refractivity contribution in [3.05, 3.63) is 42.0 Å². The summed E-state index contributed by atoms with van der Waals surface area (Å²) in [5.74, 6) is 0.285. The number of rotatable bonds is 5. The normalized spacial score (nSPS) is 46.7. The Balaban J connectivity index is 1.36. The first-order valence-electron chi connectivity index (χ1n) is 15.6. The van der Waals surface area contributed by atoms with E-state index in [-0.39, 0.29) is 36.1 Å². The highest BCUT2D eigenvalue weighted by Gasteiger charge is 2.70. The maximum atomic E-state index is 13.6. The van der Waals surface area contributed by atoms with Gasteiger partial charge in [-0.15, -0.1) is 0 Å². The van der Waals surface area contributed by atoms with Crippen LogP contribution < -0.4 is 5.46 Å². The molecule has 40 heavy (non-hydrogen) atoms. The summed E-state index contributed by atoms with van der Waals surface area (Å²) in [5.41, 5.74) is -0.781. The second-order valence-corrected chi connectivity index (χ2v) is 14.7. The number of carbonyl (C=O) groups is 1. The molecule has 218 valence electrons. The number of hydrogen-bond acceptors (Lipinski definition) is 6. The lowest BCUT2D eigenvalue weighted by Crippen LogP contribution is -2.62. The molecule has 0 aromatic heterocycles. The minimum absolute atomic E-state index is 0.00793. The summed E-state index contributed by atoms with van der Waals surface area (Å²) in [5, 5.41) is 33.7. The maximum Gasteiger partial charge on any atom is 0.494 e. The Kier molecular flexibility index (Phi) is 6.99. The van der Waals surface area contributed by atoms with E-state index in [2.05, 4.69) is 46.8 Å². The number of carbonyl (C=O) groups excluding carboxylic acids is 1. The predicted octanol–water partition coefficient (Wildman–Crippen LogP) is 4.20. The van der Waals surface area contributed by atoms with Crippen molar-refractivity contribution in [2.45, 2.75) is 115 Å². The van der Waals surface area contributed by atoms with Crippen LogP contribution in [0.1, 0.15) is 86.0 Å². The van der Waals surface area contributed by atoms with Gasteiger partial charge in [-0.2, -0.15) is 0 Å². The van der Waals surface area contributed by atoms with Crippen LogP contribution in [-0.4, -0.2) is 57.7 Å². The molecular weight excluding hydrogens is 503 g/mol. The van der Waals surface area contributed by atoms with Crippen LogP contribution in [0.15, 0.2) is 42.0 Å². The van der Waals surface area contributed by atoms with Crippen molar-refractivity contribution >= 4 is 18.4 Å². The first kappa shape index (κ1) is 28.6.